The van der Waals surface area contributed by atoms with Crippen molar-refractivity contribution in [1.82, 2.24) is 9.97 Å². The fourth-order valence-corrected chi connectivity index (χ4v) is 1.34. The van der Waals surface area contributed by atoms with Crippen molar-refractivity contribution in [2.45, 2.75) is 26.3 Å². The van der Waals surface area contributed by atoms with Gasteiger partial charge in [-0.3, -0.25) is 4.79 Å². The monoisotopic (exact) mass is 255 g/mol. The van der Waals surface area contributed by atoms with E-state index in [1.165, 1.54) is 0 Å². The maximum atomic E-state index is 11.5. The number of nitrogens with one attached hydrogen (secondary N) is 1. The molecule has 0 aromatic carbocycles. The van der Waals surface area contributed by atoms with Crippen LogP contribution in [0.5, 0.6) is 0 Å². The van der Waals surface area contributed by atoms with Crippen molar-refractivity contribution in [2.24, 2.45) is 11.7 Å². The first-order valence-corrected chi connectivity index (χ1v) is 6.06. The van der Waals surface area contributed by atoms with Crippen LogP contribution in [0.3, 0.4) is 0 Å². The second kappa shape index (κ2) is 7.84. The van der Waals surface area contributed by atoms with E-state index < -0.39 is 12.0 Å². The van der Waals surface area contributed by atoms with Crippen LogP contribution in [-0.4, -0.2) is 41.8 Å². The van der Waals surface area contributed by atoms with E-state index in [2.05, 4.69) is 23.8 Å². The van der Waals surface area contributed by atoms with Crippen LogP contribution in [-0.2, 0) is 20.7 Å². The molecule has 6 heteroatoms. The van der Waals surface area contributed by atoms with E-state index in [1.807, 2.05) is 0 Å². The molecule has 1 aromatic heterocycles. The highest BCUT2D eigenvalue weighted by Crippen LogP contribution is 1.98. The number of hydrogen-bond donors (Lipinski definition) is 2. The van der Waals surface area contributed by atoms with E-state index in [1.54, 1.807) is 12.5 Å². The summed E-state index contributed by atoms with van der Waals surface area (Å²) in [5, 5.41) is 0. The Hall–Kier alpha value is -1.40. The van der Waals surface area contributed by atoms with Gasteiger partial charge in [0.1, 0.15) is 12.6 Å². The summed E-state index contributed by atoms with van der Waals surface area (Å²) in [6, 6.07) is -0.671. The first kappa shape index (κ1) is 14.7. The summed E-state index contributed by atoms with van der Waals surface area (Å²) < 4.78 is 10.3. The maximum absolute atomic E-state index is 11.5. The van der Waals surface area contributed by atoms with E-state index >= 15 is 0 Å². The Bertz CT molecular complexity index is 338. The Kier molecular flexibility index (Phi) is 6.38. The molecule has 0 bridgehead atoms. The van der Waals surface area contributed by atoms with Crippen LogP contribution in [0.4, 0.5) is 0 Å². The van der Waals surface area contributed by atoms with Gasteiger partial charge in [-0.25, -0.2) is 4.98 Å². The number of esters is 1. The fourth-order valence-electron chi connectivity index (χ4n) is 1.34. The molecule has 0 aliphatic heterocycles. The fraction of sp³-hybridized carbons (Fsp3) is 0.667. The van der Waals surface area contributed by atoms with Crippen LogP contribution in [0, 0.1) is 5.92 Å². The Labute approximate surface area is 107 Å². The quantitative estimate of drug-likeness (QED) is 0.521. The van der Waals surface area contributed by atoms with E-state index in [9.17, 15) is 4.79 Å². The molecule has 0 aliphatic carbocycles. The number of imidazole rings is 1. The Balaban J connectivity index is 2.12. The predicted octanol–water partition coefficient (Wildman–Crippen LogP) is 0.495. The minimum absolute atomic E-state index is 0.238. The summed E-state index contributed by atoms with van der Waals surface area (Å²) in [6.45, 7) is 5.43. The van der Waals surface area contributed by atoms with Gasteiger partial charge >= 0.3 is 5.97 Å². The summed E-state index contributed by atoms with van der Waals surface area (Å²) in [7, 11) is 0. The highest BCUT2D eigenvalue weighted by Gasteiger charge is 2.16. The number of carbonyl (C=O) groups is 1. The van der Waals surface area contributed by atoms with Crippen molar-refractivity contribution in [3.63, 3.8) is 0 Å². The molecule has 102 valence electrons. The summed E-state index contributed by atoms with van der Waals surface area (Å²) in [5.41, 5.74) is 6.52. The molecule has 0 spiro atoms. The number of carbonyl (C=O) groups excluding carboxylic acids is 1. The summed E-state index contributed by atoms with van der Waals surface area (Å²) in [4.78, 5) is 18.3. The van der Waals surface area contributed by atoms with Crippen molar-refractivity contribution >= 4 is 5.97 Å². The van der Waals surface area contributed by atoms with E-state index in [0.717, 1.165) is 5.69 Å². The Morgan fingerprint density at radius 1 is 1.50 bits per heavy atom. The zero-order valence-electron chi connectivity index (χ0n) is 10.9. The van der Waals surface area contributed by atoms with Crippen molar-refractivity contribution in [2.75, 3.05) is 19.8 Å². The van der Waals surface area contributed by atoms with Crippen LogP contribution in [0.15, 0.2) is 12.5 Å². The van der Waals surface area contributed by atoms with E-state index in [0.29, 0.717) is 25.6 Å². The minimum atomic E-state index is -0.671. The summed E-state index contributed by atoms with van der Waals surface area (Å²) >= 11 is 0. The number of aromatic nitrogens is 2. The Morgan fingerprint density at radius 3 is 2.89 bits per heavy atom. The average molecular weight is 255 g/mol. The third-order valence-corrected chi connectivity index (χ3v) is 2.22. The normalized spacial score (nSPS) is 12.7. The second-order valence-electron chi connectivity index (χ2n) is 4.52. The number of rotatable bonds is 8. The number of nitrogens with zero attached hydrogens (tertiary/aromatic N) is 1. The lowest BCUT2D eigenvalue weighted by Crippen LogP contribution is -2.35. The largest absolute Gasteiger partial charge is 0.462 e. The van der Waals surface area contributed by atoms with Crippen molar-refractivity contribution in [3.05, 3.63) is 18.2 Å². The maximum Gasteiger partial charge on any atom is 0.323 e. The average Bonchev–Trinajstić information content (AvgIpc) is 2.80. The van der Waals surface area contributed by atoms with Crippen molar-refractivity contribution in [3.8, 4) is 0 Å². The number of ether oxygens (including phenoxy) is 2. The molecular weight excluding hydrogens is 234 g/mol. The van der Waals surface area contributed by atoms with Gasteiger partial charge in [0.15, 0.2) is 0 Å². The SMILES string of the molecule is CC(C)COCCOC(=O)[C@@H](N)Cc1cnc[nH]1. The zero-order chi connectivity index (χ0) is 13.4. The highest BCUT2D eigenvalue weighted by molar-refractivity contribution is 5.75. The third kappa shape index (κ3) is 5.79. The molecule has 0 saturated heterocycles. The van der Waals surface area contributed by atoms with Gasteiger partial charge in [0.05, 0.1) is 12.9 Å². The van der Waals surface area contributed by atoms with Crippen LogP contribution < -0.4 is 5.73 Å². The molecule has 0 saturated carbocycles. The topological polar surface area (TPSA) is 90.2 Å². The molecule has 0 unspecified atom stereocenters. The first-order chi connectivity index (χ1) is 8.59. The lowest BCUT2D eigenvalue weighted by Gasteiger charge is -2.11. The molecule has 0 amide bonds. The molecular formula is C12H21N3O3. The molecule has 1 rings (SSSR count). The third-order valence-electron chi connectivity index (χ3n) is 2.22. The molecule has 1 heterocycles. The smallest absolute Gasteiger partial charge is 0.323 e. The number of aromatic amines is 1. The second-order valence-corrected chi connectivity index (χ2v) is 4.52. The van der Waals surface area contributed by atoms with E-state index in [4.69, 9.17) is 15.2 Å². The number of nitrogens with two attached hydrogens (primary N) is 1. The van der Waals surface area contributed by atoms with Gasteiger partial charge in [-0.1, -0.05) is 13.8 Å². The van der Waals surface area contributed by atoms with Crippen molar-refractivity contribution in [1.29, 1.82) is 0 Å². The zero-order valence-corrected chi connectivity index (χ0v) is 10.9. The standard InChI is InChI=1S/C12H21N3O3/c1-9(2)7-17-3-4-18-12(16)11(13)5-10-6-14-8-15-10/h6,8-9,11H,3-5,7,13H2,1-2H3,(H,14,15)/t11-/m0/s1. The molecule has 1 aromatic rings. The molecule has 6 nitrogen and oxygen atoms in total. The van der Waals surface area contributed by atoms with Gasteiger partial charge in [-0.05, 0) is 5.92 Å². The minimum Gasteiger partial charge on any atom is -0.462 e. The molecule has 1 atom stereocenters. The lowest BCUT2D eigenvalue weighted by atomic mass is 10.2. The van der Waals surface area contributed by atoms with Gasteiger partial charge < -0.3 is 20.2 Å². The predicted molar refractivity (Wildman–Crippen MR) is 66.9 cm³/mol. The number of hydrogen-bond acceptors (Lipinski definition) is 5. The summed E-state index contributed by atoms with van der Waals surface area (Å²) in [6.07, 6.45) is 3.58. The summed E-state index contributed by atoms with van der Waals surface area (Å²) in [5.74, 6) is 0.0566. The molecule has 0 aliphatic rings. The van der Waals surface area contributed by atoms with Gasteiger partial charge in [-0.2, -0.15) is 0 Å². The number of H-pyrrole nitrogens is 1. The lowest BCUT2D eigenvalue weighted by molar-refractivity contribution is -0.146. The molecule has 18 heavy (non-hydrogen) atoms. The van der Waals surface area contributed by atoms with Crippen molar-refractivity contribution < 1.29 is 14.3 Å². The Morgan fingerprint density at radius 2 is 2.28 bits per heavy atom. The first-order valence-electron chi connectivity index (χ1n) is 6.06. The van der Waals surface area contributed by atoms with Gasteiger partial charge in [0.2, 0.25) is 0 Å². The van der Waals surface area contributed by atoms with Crippen LogP contribution >= 0.6 is 0 Å². The van der Waals surface area contributed by atoms with Gasteiger partial charge in [0, 0.05) is 24.9 Å². The molecule has 3 N–H and O–H groups in total. The van der Waals surface area contributed by atoms with Gasteiger partial charge in [0.25, 0.3) is 0 Å². The molecule has 0 radical (unpaired) electrons. The van der Waals surface area contributed by atoms with E-state index in [-0.39, 0.29) is 6.61 Å². The van der Waals surface area contributed by atoms with Crippen LogP contribution in [0.25, 0.3) is 0 Å². The van der Waals surface area contributed by atoms with Crippen LogP contribution in [0.1, 0.15) is 19.5 Å². The van der Waals surface area contributed by atoms with Gasteiger partial charge in [-0.15, -0.1) is 0 Å². The van der Waals surface area contributed by atoms with Crippen LogP contribution in [0.2, 0.25) is 0 Å². The highest BCUT2D eigenvalue weighted by atomic mass is 16.6. The molecule has 0 fully saturated rings.